The van der Waals surface area contributed by atoms with Crippen LogP contribution in [0.3, 0.4) is 0 Å². The number of rotatable bonds is 9. The number of anilines is 1. The predicted molar refractivity (Wildman–Crippen MR) is 79.7 cm³/mol. The van der Waals surface area contributed by atoms with Crippen molar-refractivity contribution in [3.63, 3.8) is 0 Å². The molecule has 3 N–H and O–H groups in total. The van der Waals surface area contributed by atoms with E-state index in [1.807, 2.05) is 24.3 Å². The third kappa shape index (κ3) is 6.14. The van der Waals surface area contributed by atoms with Crippen molar-refractivity contribution in [1.29, 1.82) is 0 Å². The lowest BCUT2D eigenvalue weighted by molar-refractivity contribution is -0.117. The molecule has 0 heterocycles. The van der Waals surface area contributed by atoms with Gasteiger partial charge < -0.3 is 15.5 Å². The number of aliphatic hydroxyl groups is 2. The fraction of sp³-hybridized carbons (Fsp3) is 0.533. The summed E-state index contributed by atoms with van der Waals surface area (Å²) in [7, 11) is 0. The van der Waals surface area contributed by atoms with Crippen molar-refractivity contribution >= 4 is 11.6 Å². The Labute approximate surface area is 120 Å². The number of carbonyl (C=O) groups excluding carboxylic acids is 1. The molecule has 0 unspecified atom stereocenters. The van der Waals surface area contributed by atoms with Crippen molar-refractivity contribution in [1.82, 2.24) is 4.90 Å². The van der Waals surface area contributed by atoms with E-state index in [-0.39, 0.29) is 25.7 Å². The first-order valence-electron chi connectivity index (χ1n) is 7.02. The molecule has 0 aliphatic carbocycles. The van der Waals surface area contributed by atoms with Crippen LogP contribution in [0.2, 0.25) is 0 Å². The second-order valence-electron chi connectivity index (χ2n) is 4.72. The lowest BCUT2D eigenvalue weighted by Crippen LogP contribution is -2.37. The molecule has 1 rings (SSSR count). The fourth-order valence-electron chi connectivity index (χ4n) is 2.00. The zero-order valence-electron chi connectivity index (χ0n) is 12.0. The van der Waals surface area contributed by atoms with Crippen LogP contribution in [0, 0.1) is 0 Å². The standard InChI is InChI=1S/C15H24N2O3/c1-2-3-13-4-6-14(7-5-13)16-15(20)12-17(8-10-18)9-11-19/h4-7,18-19H,2-3,8-12H2,1H3,(H,16,20). The number of hydrogen-bond acceptors (Lipinski definition) is 4. The SMILES string of the molecule is CCCc1ccc(NC(=O)CN(CCO)CCO)cc1. The lowest BCUT2D eigenvalue weighted by Gasteiger charge is -2.19. The number of nitrogens with one attached hydrogen (secondary N) is 1. The second-order valence-corrected chi connectivity index (χ2v) is 4.72. The summed E-state index contributed by atoms with van der Waals surface area (Å²) in [5.41, 5.74) is 2.02. The summed E-state index contributed by atoms with van der Waals surface area (Å²) in [5.74, 6) is -0.143. The van der Waals surface area contributed by atoms with E-state index in [9.17, 15) is 4.79 Å². The molecule has 0 spiro atoms. The van der Waals surface area contributed by atoms with Crippen LogP contribution in [0.25, 0.3) is 0 Å². The van der Waals surface area contributed by atoms with Crippen LogP contribution in [0.1, 0.15) is 18.9 Å². The normalized spacial score (nSPS) is 10.8. The Bertz CT molecular complexity index is 387. The van der Waals surface area contributed by atoms with Gasteiger partial charge in [0.15, 0.2) is 0 Å². The Morgan fingerprint density at radius 1 is 1.15 bits per heavy atom. The number of nitrogens with zero attached hydrogens (tertiary/aromatic N) is 1. The first-order valence-corrected chi connectivity index (χ1v) is 7.02. The molecular weight excluding hydrogens is 256 g/mol. The number of carbonyl (C=O) groups is 1. The van der Waals surface area contributed by atoms with Gasteiger partial charge in [0.2, 0.25) is 5.91 Å². The largest absolute Gasteiger partial charge is 0.395 e. The number of aryl methyl sites for hydroxylation is 1. The van der Waals surface area contributed by atoms with Crippen molar-refractivity contribution in [2.45, 2.75) is 19.8 Å². The minimum absolute atomic E-state index is 0.0288. The monoisotopic (exact) mass is 280 g/mol. The van der Waals surface area contributed by atoms with Gasteiger partial charge in [0.05, 0.1) is 19.8 Å². The highest BCUT2D eigenvalue weighted by atomic mass is 16.3. The number of benzene rings is 1. The van der Waals surface area contributed by atoms with Crippen LogP contribution in [0.5, 0.6) is 0 Å². The number of aliphatic hydroxyl groups excluding tert-OH is 2. The highest BCUT2D eigenvalue weighted by Gasteiger charge is 2.09. The fourth-order valence-corrected chi connectivity index (χ4v) is 2.00. The third-order valence-corrected chi connectivity index (χ3v) is 2.98. The lowest BCUT2D eigenvalue weighted by atomic mass is 10.1. The molecule has 5 nitrogen and oxygen atoms in total. The van der Waals surface area contributed by atoms with Crippen LogP contribution in [0.4, 0.5) is 5.69 Å². The van der Waals surface area contributed by atoms with Crippen molar-refractivity contribution in [2.75, 3.05) is 38.2 Å². The molecule has 0 bridgehead atoms. The molecule has 0 aliphatic rings. The summed E-state index contributed by atoms with van der Waals surface area (Å²) in [6.45, 7) is 3.00. The summed E-state index contributed by atoms with van der Waals surface area (Å²) in [6, 6.07) is 7.81. The van der Waals surface area contributed by atoms with E-state index in [0.29, 0.717) is 13.1 Å². The molecule has 0 fully saturated rings. The highest BCUT2D eigenvalue weighted by Crippen LogP contribution is 2.11. The van der Waals surface area contributed by atoms with Gasteiger partial charge in [0, 0.05) is 18.8 Å². The molecule has 0 saturated heterocycles. The second kappa shape index (κ2) is 9.47. The van der Waals surface area contributed by atoms with Gasteiger partial charge in [0.25, 0.3) is 0 Å². The van der Waals surface area contributed by atoms with Gasteiger partial charge in [-0.2, -0.15) is 0 Å². The zero-order chi connectivity index (χ0) is 14.8. The number of hydrogen-bond donors (Lipinski definition) is 3. The van der Waals surface area contributed by atoms with Gasteiger partial charge in [0.1, 0.15) is 0 Å². The van der Waals surface area contributed by atoms with Gasteiger partial charge in [-0.05, 0) is 24.1 Å². The van der Waals surface area contributed by atoms with E-state index in [2.05, 4.69) is 12.2 Å². The topological polar surface area (TPSA) is 72.8 Å². The van der Waals surface area contributed by atoms with Gasteiger partial charge >= 0.3 is 0 Å². The molecule has 0 saturated carbocycles. The predicted octanol–water partition coefficient (Wildman–Crippen LogP) is 0.864. The summed E-state index contributed by atoms with van der Waals surface area (Å²) in [5, 5.41) is 20.6. The Hall–Kier alpha value is -1.43. The van der Waals surface area contributed by atoms with Crippen LogP contribution < -0.4 is 5.32 Å². The molecule has 1 aromatic rings. The van der Waals surface area contributed by atoms with E-state index in [1.54, 1.807) is 4.90 Å². The summed E-state index contributed by atoms with van der Waals surface area (Å²) in [4.78, 5) is 13.6. The maximum absolute atomic E-state index is 11.9. The van der Waals surface area contributed by atoms with E-state index in [4.69, 9.17) is 10.2 Å². The molecule has 0 radical (unpaired) electrons. The smallest absolute Gasteiger partial charge is 0.238 e. The molecule has 112 valence electrons. The first kappa shape index (κ1) is 16.6. The van der Waals surface area contributed by atoms with Gasteiger partial charge in [-0.1, -0.05) is 25.5 Å². The quantitative estimate of drug-likeness (QED) is 0.627. The Morgan fingerprint density at radius 2 is 1.75 bits per heavy atom. The van der Waals surface area contributed by atoms with Gasteiger partial charge in [-0.25, -0.2) is 0 Å². The number of amides is 1. The maximum atomic E-state index is 11.9. The highest BCUT2D eigenvalue weighted by molar-refractivity contribution is 5.92. The summed E-state index contributed by atoms with van der Waals surface area (Å²) >= 11 is 0. The molecular formula is C15H24N2O3. The van der Waals surface area contributed by atoms with Crippen LogP contribution in [-0.4, -0.2) is 53.9 Å². The third-order valence-electron chi connectivity index (χ3n) is 2.98. The van der Waals surface area contributed by atoms with E-state index in [0.717, 1.165) is 18.5 Å². The minimum atomic E-state index is -0.143. The van der Waals surface area contributed by atoms with Crippen molar-refractivity contribution in [2.24, 2.45) is 0 Å². The van der Waals surface area contributed by atoms with Crippen molar-refractivity contribution in [3.8, 4) is 0 Å². The van der Waals surface area contributed by atoms with Crippen molar-refractivity contribution < 1.29 is 15.0 Å². The maximum Gasteiger partial charge on any atom is 0.238 e. The van der Waals surface area contributed by atoms with E-state index in [1.165, 1.54) is 5.56 Å². The van der Waals surface area contributed by atoms with Crippen molar-refractivity contribution in [3.05, 3.63) is 29.8 Å². The van der Waals surface area contributed by atoms with Crippen LogP contribution in [-0.2, 0) is 11.2 Å². The molecule has 0 atom stereocenters. The van der Waals surface area contributed by atoms with Gasteiger partial charge in [-0.3, -0.25) is 9.69 Å². The Kier molecular flexibility index (Phi) is 7.87. The molecule has 20 heavy (non-hydrogen) atoms. The minimum Gasteiger partial charge on any atom is -0.395 e. The Balaban J connectivity index is 2.47. The molecule has 1 amide bonds. The molecule has 0 aliphatic heterocycles. The Morgan fingerprint density at radius 3 is 2.25 bits per heavy atom. The van der Waals surface area contributed by atoms with Crippen LogP contribution >= 0.6 is 0 Å². The van der Waals surface area contributed by atoms with Gasteiger partial charge in [-0.15, -0.1) is 0 Å². The average Bonchev–Trinajstić information content (AvgIpc) is 2.42. The van der Waals surface area contributed by atoms with E-state index < -0.39 is 0 Å². The van der Waals surface area contributed by atoms with E-state index >= 15 is 0 Å². The molecule has 1 aromatic carbocycles. The average molecular weight is 280 g/mol. The zero-order valence-corrected chi connectivity index (χ0v) is 12.0. The van der Waals surface area contributed by atoms with Crippen LogP contribution in [0.15, 0.2) is 24.3 Å². The first-order chi connectivity index (χ1) is 9.69. The summed E-state index contributed by atoms with van der Waals surface area (Å²) in [6.07, 6.45) is 2.14. The molecule has 5 heteroatoms. The summed E-state index contributed by atoms with van der Waals surface area (Å²) < 4.78 is 0. The molecule has 0 aromatic heterocycles.